The Morgan fingerprint density at radius 3 is 2.52 bits per heavy atom. The molecule has 0 unspecified atom stereocenters. The molecule has 0 bridgehead atoms. The molecule has 2 aromatic rings. The van der Waals surface area contributed by atoms with Crippen molar-refractivity contribution in [3.05, 3.63) is 34.9 Å². The van der Waals surface area contributed by atoms with Crippen LogP contribution in [0.15, 0.2) is 23.4 Å². The van der Waals surface area contributed by atoms with Gasteiger partial charge in [0.25, 0.3) is 0 Å². The van der Waals surface area contributed by atoms with Crippen molar-refractivity contribution in [2.75, 3.05) is 21.8 Å². The van der Waals surface area contributed by atoms with Gasteiger partial charge >= 0.3 is 0 Å². The highest BCUT2D eigenvalue weighted by Gasteiger charge is 2.44. The van der Waals surface area contributed by atoms with E-state index in [1.807, 2.05) is 0 Å². The standard InChI is InChI=1S/C23H34N6O3S/c1-4-7-33-23-27-21(26-15-9-14(15)13-6-5-11(2)12(3)8-13)18(24)22(28-23)29(25)16-10-17(30)20(32)19(16)31/h5-6,8,14-17,19-20,30-32H,4,7,9-10,24-25H2,1-3H3,(H,26,27,28)/t14-,15+,16+,17-,19-,20+/m0/s1. The topological polar surface area (TPSA) is 154 Å². The third-order valence-electron chi connectivity index (χ3n) is 6.64. The molecule has 0 aliphatic heterocycles. The number of aromatic nitrogens is 2. The van der Waals surface area contributed by atoms with Crippen LogP contribution < -0.4 is 21.9 Å². The van der Waals surface area contributed by atoms with E-state index in [1.54, 1.807) is 0 Å². The highest BCUT2D eigenvalue weighted by Crippen LogP contribution is 2.44. The van der Waals surface area contributed by atoms with Gasteiger partial charge in [-0.3, -0.25) is 5.01 Å². The zero-order valence-electron chi connectivity index (χ0n) is 19.3. The van der Waals surface area contributed by atoms with Crippen LogP contribution in [-0.4, -0.2) is 61.4 Å². The van der Waals surface area contributed by atoms with Gasteiger partial charge in [-0.2, -0.15) is 0 Å². The number of anilines is 3. The Kier molecular flexibility index (Phi) is 7.01. The van der Waals surface area contributed by atoms with Crippen LogP contribution in [0.3, 0.4) is 0 Å². The summed E-state index contributed by atoms with van der Waals surface area (Å²) in [6.07, 6.45) is -1.48. The fraction of sp³-hybridized carbons (Fsp3) is 0.565. The smallest absolute Gasteiger partial charge is 0.191 e. The van der Waals surface area contributed by atoms with E-state index in [9.17, 15) is 15.3 Å². The summed E-state index contributed by atoms with van der Waals surface area (Å²) in [5.41, 5.74) is 10.6. The van der Waals surface area contributed by atoms with Crippen LogP contribution in [0.5, 0.6) is 0 Å². The first-order valence-electron chi connectivity index (χ1n) is 11.4. The van der Waals surface area contributed by atoms with Crippen LogP contribution in [0.4, 0.5) is 17.3 Å². The molecule has 2 fully saturated rings. The van der Waals surface area contributed by atoms with Crippen LogP contribution >= 0.6 is 11.8 Å². The van der Waals surface area contributed by atoms with Crippen LogP contribution in [0.2, 0.25) is 0 Å². The lowest BCUT2D eigenvalue weighted by molar-refractivity contribution is -0.0209. The van der Waals surface area contributed by atoms with Gasteiger partial charge in [-0.1, -0.05) is 36.9 Å². The molecule has 2 aliphatic rings. The number of benzene rings is 1. The highest BCUT2D eigenvalue weighted by molar-refractivity contribution is 7.99. The van der Waals surface area contributed by atoms with Gasteiger partial charge in [-0.25, -0.2) is 15.8 Å². The molecule has 8 N–H and O–H groups in total. The van der Waals surface area contributed by atoms with Crippen molar-refractivity contribution in [1.29, 1.82) is 0 Å². The van der Waals surface area contributed by atoms with E-state index in [0.717, 1.165) is 18.6 Å². The Hall–Kier alpha value is -2.11. The molecule has 1 aromatic heterocycles. The Bertz CT molecular complexity index is 1010. The summed E-state index contributed by atoms with van der Waals surface area (Å²) in [6, 6.07) is 6.05. The summed E-state index contributed by atoms with van der Waals surface area (Å²) in [4.78, 5) is 9.18. The molecule has 0 spiro atoms. The lowest BCUT2D eigenvalue weighted by Gasteiger charge is -2.29. The number of nitrogens with zero attached hydrogens (tertiary/aromatic N) is 3. The van der Waals surface area contributed by atoms with Crippen LogP contribution in [0, 0.1) is 13.8 Å². The Labute approximate surface area is 198 Å². The second-order valence-corrected chi connectivity index (χ2v) is 10.2. The van der Waals surface area contributed by atoms with Crippen molar-refractivity contribution < 1.29 is 15.3 Å². The number of rotatable bonds is 8. The molecule has 6 atom stereocenters. The predicted octanol–water partition coefficient (Wildman–Crippen LogP) is 1.68. The number of nitrogens with two attached hydrogens (primary N) is 2. The van der Waals surface area contributed by atoms with Crippen LogP contribution in [0.1, 0.15) is 48.8 Å². The fourth-order valence-corrected chi connectivity index (χ4v) is 5.01. The number of hydrogen-bond acceptors (Lipinski definition) is 10. The summed E-state index contributed by atoms with van der Waals surface area (Å²) in [5, 5.41) is 35.5. The zero-order chi connectivity index (χ0) is 23.9. The molecule has 2 saturated carbocycles. The molecule has 9 nitrogen and oxygen atoms in total. The van der Waals surface area contributed by atoms with Crippen molar-refractivity contribution in [1.82, 2.24) is 9.97 Å². The Balaban J connectivity index is 1.58. The van der Waals surface area contributed by atoms with Gasteiger partial charge in [-0.15, -0.1) is 0 Å². The molecule has 0 saturated heterocycles. The largest absolute Gasteiger partial charge is 0.393 e. The number of nitrogen functional groups attached to an aromatic ring is 1. The van der Waals surface area contributed by atoms with Crippen molar-refractivity contribution in [3.63, 3.8) is 0 Å². The van der Waals surface area contributed by atoms with Gasteiger partial charge < -0.3 is 26.4 Å². The normalized spacial score (nSPS) is 28.7. The quantitative estimate of drug-likeness (QED) is 0.144. The Morgan fingerprint density at radius 1 is 1.12 bits per heavy atom. The van der Waals surface area contributed by atoms with E-state index in [4.69, 9.17) is 11.6 Å². The first kappa shape index (κ1) is 24.0. The van der Waals surface area contributed by atoms with E-state index < -0.39 is 24.4 Å². The van der Waals surface area contributed by atoms with Crippen molar-refractivity contribution >= 4 is 29.1 Å². The zero-order valence-corrected chi connectivity index (χ0v) is 20.1. The van der Waals surface area contributed by atoms with E-state index in [0.29, 0.717) is 16.9 Å². The van der Waals surface area contributed by atoms with Crippen molar-refractivity contribution in [2.24, 2.45) is 5.84 Å². The number of nitrogens with one attached hydrogen (secondary N) is 1. The third kappa shape index (κ3) is 4.90. The van der Waals surface area contributed by atoms with E-state index in [2.05, 4.69) is 54.3 Å². The number of hydrogen-bond donors (Lipinski definition) is 6. The Morgan fingerprint density at radius 2 is 1.88 bits per heavy atom. The second kappa shape index (κ2) is 9.63. The average molecular weight is 475 g/mol. The first-order chi connectivity index (χ1) is 15.7. The lowest BCUT2D eigenvalue weighted by Crippen LogP contribution is -2.48. The maximum Gasteiger partial charge on any atom is 0.191 e. The maximum absolute atomic E-state index is 10.4. The average Bonchev–Trinajstić information content (AvgIpc) is 3.51. The van der Waals surface area contributed by atoms with Gasteiger partial charge in [0.2, 0.25) is 0 Å². The number of hydrazine groups is 1. The maximum atomic E-state index is 10.4. The molecule has 1 heterocycles. The minimum Gasteiger partial charge on any atom is -0.393 e. The number of aliphatic hydroxyl groups excluding tert-OH is 3. The molecule has 0 amide bonds. The monoisotopic (exact) mass is 474 g/mol. The summed E-state index contributed by atoms with van der Waals surface area (Å²) in [7, 11) is 0. The lowest BCUT2D eigenvalue weighted by atomic mass is 10.0. The van der Waals surface area contributed by atoms with Gasteiger partial charge in [0, 0.05) is 24.1 Å². The van der Waals surface area contributed by atoms with E-state index >= 15 is 0 Å². The SMILES string of the molecule is CCCSc1nc(N[C@@H]2C[C@H]2c2ccc(C)c(C)c2)c(N)c(N(N)[C@@H]2C[C@H](O)[C@@H](O)[C@H]2O)n1. The van der Waals surface area contributed by atoms with Gasteiger partial charge in [-0.05, 0) is 43.4 Å². The molecule has 180 valence electrons. The van der Waals surface area contributed by atoms with Crippen molar-refractivity contribution in [3.8, 4) is 0 Å². The molecule has 0 radical (unpaired) electrons. The van der Waals surface area contributed by atoms with E-state index in [1.165, 1.54) is 33.5 Å². The molecular formula is C23H34N6O3S. The van der Waals surface area contributed by atoms with Gasteiger partial charge in [0.15, 0.2) is 16.8 Å². The first-order valence-corrected chi connectivity index (χ1v) is 12.4. The third-order valence-corrected chi connectivity index (χ3v) is 7.69. The molecular weight excluding hydrogens is 440 g/mol. The predicted molar refractivity (Wildman–Crippen MR) is 131 cm³/mol. The molecule has 1 aromatic carbocycles. The van der Waals surface area contributed by atoms with Crippen LogP contribution in [0.25, 0.3) is 0 Å². The highest BCUT2D eigenvalue weighted by atomic mass is 32.2. The summed E-state index contributed by atoms with van der Waals surface area (Å²) in [5.74, 6) is 8.33. The fourth-order valence-electron chi connectivity index (χ4n) is 4.31. The minimum atomic E-state index is -1.26. The molecule has 2 aliphatic carbocycles. The second-order valence-electron chi connectivity index (χ2n) is 9.14. The number of thioether (sulfide) groups is 1. The van der Waals surface area contributed by atoms with Crippen LogP contribution in [-0.2, 0) is 0 Å². The van der Waals surface area contributed by atoms with Gasteiger partial charge in [0.05, 0.1) is 12.1 Å². The van der Waals surface area contributed by atoms with Gasteiger partial charge in [0.1, 0.15) is 17.9 Å². The minimum absolute atomic E-state index is 0.111. The summed E-state index contributed by atoms with van der Waals surface area (Å²) in [6.45, 7) is 6.31. The number of aryl methyl sites for hydroxylation is 2. The molecule has 33 heavy (non-hydrogen) atoms. The summed E-state index contributed by atoms with van der Waals surface area (Å²) >= 11 is 1.51. The molecule has 4 rings (SSSR count). The van der Waals surface area contributed by atoms with Crippen molar-refractivity contribution in [2.45, 2.75) is 81.5 Å². The molecule has 10 heteroatoms. The summed E-state index contributed by atoms with van der Waals surface area (Å²) < 4.78 is 0. The van der Waals surface area contributed by atoms with E-state index in [-0.39, 0.29) is 24.0 Å². The number of aliphatic hydroxyl groups is 3.